The van der Waals surface area contributed by atoms with E-state index < -0.39 is 0 Å². The van der Waals surface area contributed by atoms with Crippen LogP contribution in [0.5, 0.6) is 0 Å². The van der Waals surface area contributed by atoms with Crippen molar-refractivity contribution < 1.29 is 0 Å². The molecule has 0 saturated heterocycles. The van der Waals surface area contributed by atoms with Crippen molar-refractivity contribution in [2.24, 2.45) is 0 Å². The fourth-order valence-corrected chi connectivity index (χ4v) is 3.71. The Hall–Kier alpha value is -0.120. The van der Waals surface area contributed by atoms with Crippen LogP contribution in [0.15, 0.2) is 27.4 Å². The Morgan fingerprint density at radius 3 is 2.67 bits per heavy atom. The number of thiophene rings is 2. The topological polar surface area (TPSA) is 0 Å². The van der Waals surface area contributed by atoms with Gasteiger partial charge in [0, 0.05) is 9.35 Å². The van der Waals surface area contributed by atoms with Crippen LogP contribution >= 0.6 is 38.6 Å². The number of halogens is 1. The molecule has 0 N–H and O–H groups in total. The van der Waals surface area contributed by atoms with Gasteiger partial charge in [-0.25, -0.2) is 0 Å². The molecule has 0 aromatic carbocycles. The van der Waals surface area contributed by atoms with Gasteiger partial charge in [0.15, 0.2) is 0 Å². The van der Waals surface area contributed by atoms with E-state index in [4.69, 9.17) is 0 Å². The molecule has 0 bridgehead atoms. The first kappa shape index (κ1) is 8.48. The van der Waals surface area contributed by atoms with Crippen LogP contribution < -0.4 is 0 Å². The molecule has 2 aromatic rings. The van der Waals surface area contributed by atoms with E-state index in [-0.39, 0.29) is 0 Å². The highest BCUT2D eigenvalue weighted by atomic mass is 79.9. The second kappa shape index (κ2) is 3.32. The number of hydrogen-bond acceptors (Lipinski definition) is 2. The molecule has 0 nitrogen and oxygen atoms in total. The molecule has 0 atom stereocenters. The fraction of sp³-hybridized carbons (Fsp3) is 0.111. The van der Waals surface area contributed by atoms with Gasteiger partial charge in [0.05, 0.1) is 4.88 Å². The maximum absolute atomic E-state index is 3.59. The Balaban J connectivity index is 2.55. The summed E-state index contributed by atoms with van der Waals surface area (Å²) in [5.41, 5.74) is 1.32. The lowest BCUT2D eigenvalue weighted by Crippen LogP contribution is -1.66. The quantitative estimate of drug-likeness (QED) is 0.704. The molecule has 0 spiro atoms. The van der Waals surface area contributed by atoms with Crippen molar-refractivity contribution in [2.45, 2.75) is 6.92 Å². The van der Waals surface area contributed by atoms with E-state index in [1.807, 2.05) is 0 Å². The third-order valence-electron chi connectivity index (χ3n) is 1.64. The van der Waals surface area contributed by atoms with Crippen LogP contribution in [-0.4, -0.2) is 0 Å². The summed E-state index contributed by atoms with van der Waals surface area (Å²) < 4.78 is 1.25. The van der Waals surface area contributed by atoms with Gasteiger partial charge < -0.3 is 0 Å². The average Bonchev–Trinajstić information content (AvgIpc) is 2.64. The van der Waals surface area contributed by atoms with E-state index in [9.17, 15) is 0 Å². The van der Waals surface area contributed by atoms with Crippen LogP contribution in [0.3, 0.4) is 0 Å². The molecule has 0 amide bonds. The largest absolute Gasteiger partial charge is 0.143 e. The van der Waals surface area contributed by atoms with Gasteiger partial charge in [-0.15, -0.1) is 22.7 Å². The van der Waals surface area contributed by atoms with Crippen molar-refractivity contribution in [1.29, 1.82) is 0 Å². The average molecular weight is 259 g/mol. The maximum Gasteiger partial charge on any atom is 0.0587 e. The molecular weight excluding hydrogens is 252 g/mol. The van der Waals surface area contributed by atoms with Gasteiger partial charge in [0.1, 0.15) is 0 Å². The minimum Gasteiger partial charge on any atom is -0.143 e. The number of aryl methyl sites for hydroxylation is 1. The zero-order chi connectivity index (χ0) is 8.55. The van der Waals surface area contributed by atoms with Crippen molar-refractivity contribution in [3.63, 3.8) is 0 Å². The summed E-state index contributed by atoms with van der Waals surface area (Å²) >= 11 is 7.17. The van der Waals surface area contributed by atoms with E-state index >= 15 is 0 Å². The smallest absolute Gasteiger partial charge is 0.0587 e. The third-order valence-corrected chi connectivity index (χ3v) is 5.08. The highest BCUT2D eigenvalue weighted by Gasteiger charge is 2.07. The molecule has 0 aliphatic heterocycles. The highest BCUT2D eigenvalue weighted by Crippen LogP contribution is 2.38. The molecule has 0 radical (unpaired) electrons. The second-order valence-corrected chi connectivity index (χ2v) is 5.16. The minimum absolute atomic E-state index is 1.25. The summed E-state index contributed by atoms with van der Waals surface area (Å²) in [6.45, 7) is 2.12. The van der Waals surface area contributed by atoms with Gasteiger partial charge in [-0.2, -0.15) is 0 Å². The molecule has 0 fully saturated rings. The lowest BCUT2D eigenvalue weighted by Gasteiger charge is -1.92. The van der Waals surface area contributed by atoms with Crippen LogP contribution in [-0.2, 0) is 0 Å². The van der Waals surface area contributed by atoms with E-state index in [0.29, 0.717) is 0 Å². The number of rotatable bonds is 1. The monoisotopic (exact) mass is 258 g/mol. The van der Waals surface area contributed by atoms with Gasteiger partial charge in [-0.05, 0) is 45.2 Å². The first-order chi connectivity index (χ1) is 5.79. The van der Waals surface area contributed by atoms with Crippen molar-refractivity contribution in [2.75, 3.05) is 0 Å². The van der Waals surface area contributed by atoms with E-state index in [1.165, 1.54) is 19.8 Å². The van der Waals surface area contributed by atoms with Crippen LogP contribution in [0.4, 0.5) is 0 Å². The molecule has 0 unspecified atom stereocenters. The second-order valence-electron chi connectivity index (χ2n) is 2.54. The van der Waals surface area contributed by atoms with Crippen LogP contribution in [0.2, 0.25) is 0 Å². The summed E-state index contributed by atoms with van der Waals surface area (Å²) in [5.74, 6) is 0. The summed E-state index contributed by atoms with van der Waals surface area (Å²) in [6, 6.07) is 4.24. The van der Waals surface area contributed by atoms with Crippen molar-refractivity contribution in [1.82, 2.24) is 0 Å². The van der Waals surface area contributed by atoms with E-state index in [2.05, 4.69) is 45.7 Å². The lowest BCUT2D eigenvalue weighted by molar-refractivity contribution is 1.52. The van der Waals surface area contributed by atoms with Crippen molar-refractivity contribution in [3.05, 3.63) is 32.9 Å². The normalized spacial score (nSPS) is 10.5. The highest BCUT2D eigenvalue weighted by molar-refractivity contribution is 9.10. The van der Waals surface area contributed by atoms with Crippen molar-refractivity contribution >= 4 is 38.6 Å². The van der Waals surface area contributed by atoms with Gasteiger partial charge >= 0.3 is 0 Å². The van der Waals surface area contributed by atoms with Gasteiger partial charge in [0.2, 0.25) is 0 Å². The van der Waals surface area contributed by atoms with Gasteiger partial charge in [-0.3, -0.25) is 0 Å². The standard InChI is InChI=1S/C9H7BrS2/c1-6-5-12-9(8(6)10)7-3-2-4-11-7/h2-5H,1H3. The molecule has 2 aromatic heterocycles. The van der Waals surface area contributed by atoms with Crippen LogP contribution in [0.25, 0.3) is 9.75 Å². The van der Waals surface area contributed by atoms with E-state index in [0.717, 1.165) is 0 Å². The Morgan fingerprint density at radius 2 is 2.17 bits per heavy atom. The summed E-state index contributed by atoms with van der Waals surface area (Å²) in [4.78, 5) is 2.70. The minimum atomic E-state index is 1.25. The molecule has 2 heterocycles. The molecular formula is C9H7BrS2. The first-order valence-corrected chi connectivity index (χ1v) is 6.11. The van der Waals surface area contributed by atoms with Crippen LogP contribution in [0.1, 0.15) is 5.56 Å². The molecule has 0 aliphatic carbocycles. The Morgan fingerprint density at radius 1 is 1.33 bits per heavy atom. The van der Waals surface area contributed by atoms with Gasteiger partial charge in [0.25, 0.3) is 0 Å². The number of hydrogen-bond donors (Lipinski definition) is 0. The SMILES string of the molecule is Cc1csc(-c2cccs2)c1Br. The first-order valence-electron chi connectivity index (χ1n) is 3.56. The molecule has 0 aliphatic rings. The Labute approximate surface area is 88.0 Å². The van der Waals surface area contributed by atoms with E-state index in [1.54, 1.807) is 22.7 Å². The van der Waals surface area contributed by atoms with Gasteiger partial charge in [-0.1, -0.05) is 6.07 Å². The Kier molecular flexibility index (Phi) is 2.35. The van der Waals surface area contributed by atoms with Crippen LogP contribution in [0, 0.1) is 6.92 Å². The lowest BCUT2D eigenvalue weighted by atomic mass is 10.3. The molecule has 12 heavy (non-hydrogen) atoms. The Bertz CT molecular complexity index is 373. The predicted octanol–water partition coefficient (Wildman–Crippen LogP) is 4.55. The maximum atomic E-state index is 3.59. The summed E-state index contributed by atoms with van der Waals surface area (Å²) in [7, 11) is 0. The molecule has 3 heteroatoms. The zero-order valence-electron chi connectivity index (χ0n) is 6.50. The fourth-order valence-electron chi connectivity index (χ4n) is 1.00. The third kappa shape index (κ3) is 1.37. The summed E-state index contributed by atoms with van der Waals surface area (Å²) in [6.07, 6.45) is 0. The molecule has 2 rings (SSSR count). The van der Waals surface area contributed by atoms with Crippen molar-refractivity contribution in [3.8, 4) is 9.75 Å². The zero-order valence-corrected chi connectivity index (χ0v) is 9.72. The predicted molar refractivity (Wildman–Crippen MR) is 60.1 cm³/mol. The molecule has 0 saturated carbocycles. The summed E-state index contributed by atoms with van der Waals surface area (Å²) in [5, 5.41) is 4.29. The molecule has 62 valence electrons.